The molecule has 79 valence electrons. The topological polar surface area (TPSA) is 80.3 Å². The van der Waals surface area contributed by atoms with E-state index in [1.807, 2.05) is 0 Å². The van der Waals surface area contributed by atoms with Crippen LogP contribution in [-0.4, -0.2) is 11.9 Å². The molecular formula is C9H6AgO4-2. The van der Waals surface area contributed by atoms with Gasteiger partial charge in [-0.05, 0) is 24.1 Å². The first-order chi connectivity index (χ1) is 6.02. The zero-order valence-electron chi connectivity index (χ0n) is 7.17. The Morgan fingerprint density at radius 1 is 1.14 bits per heavy atom. The number of carboxylic acid groups (broad SMARTS) is 2. The quantitative estimate of drug-likeness (QED) is 0.634. The summed E-state index contributed by atoms with van der Waals surface area (Å²) in [5.74, 6) is -2.64. The molecule has 14 heavy (non-hydrogen) atoms. The third-order valence-corrected chi connectivity index (χ3v) is 1.68. The SMILES string of the molecule is Cc1cc(C(=O)[O-])ccc1C(=O)[O-].[Ag]. The van der Waals surface area contributed by atoms with Crippen LogP contribution >= 0.6 is 0 Å². The second-order valence-electron chi connectivity index (χ2n) is 2.60. The number of benzene rings is 1. The first kappa shape index (κ1) is 12.9. The number of aromatic carboxylic acids is 2. The third-order valence-electron chi connectivity index (χ3n) is 1.68. The van der Waals surface area contributed by atoms with Crippen molar-refractivity contribution < 1.29 is 42.2 Å². The Balaban J connectivity index is 0.00000169. The van der Waals surface area contributed by atoms with Crippen molar-refractivity contribution in [2.24, 2.45) is 0 Å². The van der Waals surface area contributed by atoms with Gasteiger partial charge in [0.05, 0.1) is 11.9 Å². The van der Waals surface area contributed by atoms with E-state index in [0.717, 1.165) is 0 Å². The summed E-state index contributed by atoms with van der Waals surface area (Å²) in [7, 11) is 0. The van der Waals surface area contributed by atoms with Crippen LogP contribution in [0.1, 0.15) is 26.3 Å². The molecule has 5 heteroatoms. The Bertz CT molecular complexity index is 373. The largest absolute Gasteiger partial charge is 0.545 e. The van der Waals surface area contributed by atoms with Gasteiger partial charge >= 0.3 is 0 Å². The van der Waals surface area contributed by atoms with E-state index in [1.165, 1.54) is 25.1 Å². The van der Waals surface area contributed by atoms with Crippen molar-refractivity contribution in [3.8, 4) is 0 Å². The molecule has 0 aliphatic heterocycles. The van der Waals surface area contributed by atoms with Gasteiger partial charge in [0.15, 0.2) is 0 Å². The maximum atomic E-state index is 10.4. The second-order valence-corrected chi connectivity index (χ2v) is 2.60. The van der Waals surface area contributed by atoms with E-state index in [4.69, 9.17) is 0 Å². The van der Waals surface area contributed by atoms with E-state index in [2.05, 4.69) is 0 Å². The number of hydrogen-bond acceptors (Lipinski definition) is 4. The molecule has 0 aliphatic carbocycles. The van der Waals surface area contributed by atoms with Crippen molar-refractivity contribution >= 4 is 11.9 Å². The van der Waals surface area contributed by atoms with Gasteiger partial charge in [-0.2, -0.15) is 0 Å². The number of carboxylic acids is 2. The Kier molecular flexibility index (Phi) is 4.56. The first-order valence-electron chi connectivity index (χ1n) is 3.55. The van der Waals surface area contributed by atoms with Gasteiger partial charge < -0.3 is 19.8 Å². The molecular weight excluding hydrogens is 280 g/mol. The number of aryl methyl sites for hydroxylation is 1. The molecule has 1 aromatic rings. The first-order valence-corrected chi connectivity index (χ1v) is 3.55. The summed E-state index contributed by atoms with van der Waals surface area (Å²) < 4.78 is 0. The van der Waals surface area contributed by atoms with Crippen molar-refractivity contribution in [3.63, 3.8) is 0 Å². The Hall–Kier alpha value is -1.10. The Morgan fingerprint density at radius 2 is 1.71 bits per heavy atom. The minimum Gasteiger partial charge on any atom is -0.545 e. The summed E-state index contributed by atoms with van der Waals surface area (Å²) >= 11 is 0. The zero-order chi connectivity index (χ0) is 10.0. The van der Waals surface area contributed by atoms with Crippen molar-refractivity contribution in [1.82, 2.24) is 0 Å². The monoisotopic (exact) mass is 285 g/mol. The van der Waals surface area contributed by atoms with E-state index < -0.39 is 11.9 Å². The molecule has 0 spiro atoms. The van der Waals surface area contributed by atoms with Crippen molar-refractivity contribution in [1.29, 1.82) is 0 Å². The Morgan fingerprint density at radius 3 is 2.07 bits per heavy atom. The van der Waals surface area contributed by atoms with Crippen molar-refractivity contribution in [3.05, 3.63) is 34.9 Å². The molecule has 1 aromatic carbocycles. The zero-order valence-corrected chi connectivity index (χ0v) is 8.65. The van der Waals surface area contributed by atoms with Crippen LogP contribution in [0.25, 0.3) is 0 Å². The van der Waals surface area contributed by atoms with Gasteiger partial charge in [-0.1, -0.05) is 12.1 Å². The molecule has 0 amide bonds. The van der Waals surface area contributed by atoms with Gasteiger partial charge in [0.2, 0.25) is 0 Å². The van der Waals surface area contributed by atoms with Gasteiger partial charge in [0.1, 0.15) is 0 Å². The van der Waals surface area contributed by atoms with Crippen LogP contribution in [0.3, 0.4) is 0 Å². The van der Waals surface area contributed by atoms with Gasteiger partial charge in [0.25, 0.3) is 0 Å². The van der Waals surface area contributed by atoms with Crippen LogP contribution in [-0.2, 0) is 22.4 Å². The minimum atomic E-state index is -1.33. The van der Waals surface area contributed by atoms with Crippen molar-refractivity contribution in [2.75, 3.05) is 0 Å². The maximum Gasteiger partial charge on any atom is 0.0717 e. The van der Waals surface area contributed by atoms with Crippen LogP contribution in [0.5, 0.6) is 0 Å². The summed E-state index contributed by atoms with van der Waals surface area (Å²) in [6.07, 6.45) is 0. The molecule has 0 heterocycles. The maximum absolute atomic E-state index is 10.4. The van der Waals surface area contributed by atoms with Crippen LogP contribution < -0.4 is 10.2 Å². The molecule has 4 nitrogen and oxygen atoms in total. The smallest absolute Gasteiger partial charge is 0.0717 e. The number of rotatable bonds is 2. The van der Waals surface area contributed by atoms with Crippen molar-refractivity contribution in [2.45, 2.75) is 6.92 Å². The standard InChI is InChI=1S/C9H8O4.Ag/c1-5-4-6(8(10)11)2-3-7(5)9(12)13;/h2-4H,1H3,(H,10,11)(H,12,13);/p-2. The fourth-order valence-electron chi connectivity index (χ4n) is 1.02. The molecule has 0 unspecified atom stereocenters. The summed E-state index contributed by atoms with van der Waals surface area (Å²) in [5.41, 5.74) is 0.300. The molecule has 0 aliphatic rings. The Labute approximate surface area is 96.1 Å². The number of carbonyl (C=O) groups excluding carboxylic acids is 2. The normalized spacial score (nSPS) is 8.93. The predicted molar refractivity (Wildman–Crippen MR) is 39.8 cm³/mol. The van der Waals surface area contributed by atoms with Crippen LogP contribution in [0.15, 0.2) is 18.2 Å². The molecule has 1 radical (unpaired) electrons. The molecule has 0 aromatic heterocycles. The third kappa shape index (κ3) is 2.70. The molecule has 1 rings (SSSR count). The van der Waals surface area contributed by atoms with E-state index in [0.29, 0.717) is 5.56 Å². The van der Waals surface area contributed by atoms with E-state index in [-0.39, 0.29) is 33.5 Å². The predicted octanol–water partition coefficient (Wildman–Crippen LogP) is -1.28. The molecule has 0 atom stereocenters. The van der Waals surface area contributed by atoms with Crippen LogP contribution in [0, 0.1) is 6.92 Å². The van der Waals surface area contributed by atoms with Gasteiger partial charge in [-0.15, -0.1) is 0 Å². The van der Waals surface area contributed by atoms with Gasteiger partial charge in [-0.25, -0.2) is 0 Å². The van der Waals surface area contributed by atoms with E-state index in [9.17, 15) is 19.8 Å². The number of carbonyl (C=O) groups is 2. The van der Waals surface area contributed by atoms with Crippen LogP contribution in [0.2, 0.25) is 0 Å². The molecule has 0 saturated carbocycles. The molecule has 0 saturated heterocycles. The molecule has 0 fully saturated rings. The van der Waals surface area contributed by atoms with Gasteiger partial charge in [0, 0.05) is 27.9 Å². The van der Waals surface area contributed by atoms with Crippen LogP contribution in [0.4, 0.5) is 0 Å². The minimum absolute atomic E-state index is 0. The second kappa shape index (κ2) is 4.95. The average Bonchev–Trinajstić information content (AvgIpc) is 2.03. The summed E-state index contributed by atoms with van der Waals surface area (Å²) in [4.78, 5) is 20.8. The average molecular weight is 286 g/mol. The fraction of sp³-hybridized carbons (Fsp3) is 0.111. The summed E-state index contributed by atoms with van der Waals surface area (Å²) in [6, 6.07) is 3.60. The molecule has 0 N–H and O–H groups in total. The summed E-state index contributed by atoms with van der Waals surface area (Å²) in [6.45, 7) is 1.50. The van der Waals surface area contributed by atoms with E-state index >= 15 is 0 Å². The number of hydrogen-bond donors (Lipinski definition) is 0. The van der Waals surface area contributed by atoms with E-state index in [1.54, 1.807) is 0 Å². The fourth-order valence-corrected chi connectivity index (χ4v) is 1.02. The van der Waals surface area contributed by atoms with Gasteiger partial charge in [-0.3, -0.25) is 0 Å². The summed E-state index contributed by atoms with van der Waals surface area (Å²) in [5, 5.41) is 20.8. The molecule has 0 bridgehead atoms.